The summed E-state index contributed by atoms with van der Waals surface area (Å²) in [5, 5.41) is 4.33. The van der Waals surface area contributed by atoms with Crippen molar-refractivity contribution in [2.24, 2.45) is 5.92 Å². The van der Waals surface area contributed by atoms with Gasteiger partial charge in [-0.1, -0.05) is 36.8 Å². The SMILES string of the molecule is O=C(Nc1ccc(-c2cc3ccccc3[nH]2)cc1)C1CCN(C2CCC2)CC1. The number of hydrogen-bond donors (Lipinski definition) is 2. The number of aromatic nitrogens is 1. The second-order valence-corrected chi connectivity index (χ2v) is 8.23. The Morgan fingerprint density at radius 1 is 0.964 bits per heavy atom. The zero-order valence-electron chi connectivity index (χ0n) is 16.2. The lowest BCUT2D eigenvalue weighted by Gasteiger charge is -2.41. The molecule has 0 atom stereocenters. The average molecular weight is 374 g/mol. The number of hydrogen-bond acceptors (Lipinski definition) is 2. The Balaban J connectivity index is 1.20. The number of nitrogens with zero attached hydrogens (tertiary/aromatic N) is 1. The van der Waals surface area contributed by atoms with Crippen molar-refractivity contribution in [3.63, 3.8) is 0 Å². The molecule has 2 fully saturated rings. The van der Waals surface area contributed by atoms with E-state index in [4.69, 9.17) is 0 Å². The first-order valence-electron chi connectivity index (χ1n) is 10.5. The molecule has 2 heterocycles. The van der Waals surface area contributed by atoms with E-state index in [-0.39, 0.29) is 11.8 Å². The van der Waals surface area contributed by atoms with Crippen LogP contribution in [0.25, 0.3) is 22.2 Å². The van der Waals surface area contributed by atoms with E-state index in [2.05, 4.69) is 51.6 Å². The third-order valence-electron chi connectivity index (χ3n) is 6.48. The zero-order valence-corrected chi connectivity index (χ0v) is 16.2. The maximum absolute atomic E-state index is 12.7. The van der Waals surface area contributed by atoms with Crippen molar-refractivity contribution in [3.8, 4) is 11.3 Å². The fourth-order valence-electron chi connectivity index (χ4n) is 4.48. The van der Waals surface area contributed by atoms with Crippen molar-refractivity contribution < 1.29 is 4.79 Å². The molecule has 1 aromatic heterocycles. The molecule has 0 spiro atoms. The largest absolute Gasteiger partial charge is 0.355 e. The molecule has 1 saturated carbocycles. The lowest BCUT2D eigenvalue weighted by atomic mass is 9.87. The number of likely N-dealkylation sites (tertiary alicyclic amines) is 1. The number of amides is 1. The molecule has 28 heavy (non-hydrogen) atoms. The third kappa shape index (κ3) is 3.45. The first-order chi connectivity index (χ1) is 13.8. The van der Waals surface area contributed by atoms with Crippen molar-refractivity contribution in [3.05, 3.63) is 54.6 Å². The van der Waals surface area contributed by atoms with Crippen LogP contribution in [0.1, 0.15) is 32.1 Å². The molecule has 1 aliphatic heterocycles. The fraction of sp³-hybridized carbons (Fsp3) is 0.375. The molecule has 2 N–H and O–H groups in total. The number of nitrogens with one attached hydrogen (secondary N) is 2. The van der Waals surface area contributed by atoms with E-state index < -0.39 is 0 Å². The minimum atomic E-state index is 0.143. The molecule has 1 saturated heterocycles. The number of carbonyl (C=O) groups excluding carboxylic acids is 1. The molecule has 2 aliphatic rings. The molecule has 0 unspecified atom stereocenters. The van der Waals surface area contributed by atoms with Crippen LogP contribution in [0, 0.1) is 5.92 Å². The normalized spacial score (nSPS) is 18.9. The minimum Gasteiger partial charge on any atom is -0.355 e. The van der Waals surface area contributed by atoms with Gasteiger partial charge >= 0.3 is 0 Å². The van der Waals surface area contributed by atoms with Gasteiger partial charge in [-0.3, -0.25) is 4.79 Å². The fourth-order valence-corrected chi connectivity index (χ4v) is 4.48. The van der Waals surface area contributed by atoms with Gasteiger partial charge in [0.2, 0.25) is 5.91 Å². The number of rotatable bonds is 4. The van der Waals surface area contributed by atoms with Gasteiger partial charge in [-0.15, -0.1) is 0 Å². The van der Waals surface area contributed by atoms with Crippen LogP contribution in [-0.4, -0.2) is 34.9 Å². The van der Waals surface area contributed by atoms with Crippen molar-refractivity contribution in [1.82, 2.24) is 9.88 Å². The van der Waals surface area contributed by atoms with Gasteiger partial charge < -0.3 is 15.2 Å². The summed E-state index contributed by atoms with van der Waals surface area (Å²) < 4.78 is 0. The maximum Gasteiger partial charge on any atom is 0.227 e. The van der Waals surface area contributed by atoms with Crippen LogP contribution >= 0.6 is 0 Å². The highest BCUT2D eigenvalue weighted by atomic mass is 16.1. The van der Waals surface area contributed by atoms with Gasteiger partial charge in [0.25, 0.3) is 0 Å². The Labute approximate surface area is 165 Å². The van der Waals surface area contributed by atoms with Crippen molar-refractivity contribution in [2.75, 3.05) is 18.4 Å². The number of H-pyrrole nitrogens is 1. The topological polar surface area (TPSA) is 48.1 Å². The van der Waals surface area contributed by atoms with Crippen molar-refractivity contribution in [2.45, 2.75) is 38.1 Å². The highest BCUT2D eigenvalue weighted by molar-refractivity contribution is 5.93. The van der Waals surface area contributed by atoms with E-state index in [1.807, 2.05) is 18.2 Å². The molecule has 4 nitrogen and oxygen atoms in total. The molecule has 2 aromatic carbocycles. The number of carbonyl (C=O) groups is 1. The second-order valence-electron chi connectivity index (χ2n) is 8.23. The minimum absolute atomic E-state index is 0.143. The van der Waals surface area contributed by atoms with E-state index in [0.29, 0.717) is 0 Å². The number of anilines is 1. The monoisotopic (exact) mass is 373 g/mol. The van der Waals surface area contributed by atoms with Gasteiger partial charge in [-0.2, -0.15) is 0 Å². The molecular formula is C24H27N3O. The third-order valence-corrected chi connectivity index (χ3v) is 6.48. The molecule has 1 aliphatic carbocycles. The maximum atomic E-state index is 12.7. The number of fused-ring (bicyclic) bond motifs is 1. The molecule has 0 radical (unpaired) electrons. The van der Waals surface area contributed by atoms with Gasteiger partial charge in [-0.05, 0) is 68.6 Å². The Bertz CT molecular complexity index is 930. The van der Waals surface area contributed by atoms with Crippen molar-refractivity contribution >= 4 is 22.5 Å². The predicted octanol–water partition coefficient (Wildman–Crippen LogP) is 5.04. The first kappa shape index (κ1) is 17.5. The van der Waals surface area contributed by atoms with Gasteiger partial charge in [0, 0.05) is 34.2 Å². The van der Waals surface area contributed by atoms with E-state index in [1.165, 1.54) is 24.6 Å². The summed E-state index contributed by atoms with van der Waals surface area (Å²) in [5.74, 6) is 0.316. The Kier molecular flexibility index (Phi) is 4.65. The van der Waals surface area contributed by atoms with E-state index in [1.54, 1.807) is 0 Å². The predicted molar refractivity (Wildman–Crippen MR) is 114 cm³/mol. The molecule has 5 rings (SSSR count). The molecular weight excluding hydrogens is 346 g/mol. The van der Waals surface area contributed by atoms with E-state index in [9.17, 15) is 4.79 Å². The molecule has 144 valence electrons. The molecule has 0 bridgehead atoms. The zero-order chi connectivity index (χ0) is 18.9. The first-order valence-corrected chi connectivity index (χ1v) is 10.5. The average Bonchev–Trinajstić information content (AvgIpc) is 3.12. The van der Waals surface area contributed by atoms with Crippen molar-refractivity contribution in [1.29, 1.82) is 0 Å². The molecule has 1 amide bonds. The summed E-state index contributed by atoms with van der Waals surface area (Å²) in [7, 11) is 0. The lowest BCUT2D eigenvalue weighted by Crippen LogP contribution is -2.46. The quantitative estimate of drug-likeness (QED) is 0.673. The van der Waals surface area contributed by atoms with Crippen LogP contribution in [-0.2, 0) is 4.79 Å². The summed E-state index contributed by atoms with van der Waals surface area (Å²) in [6, 6.07) is 19.4. The van der Waals surface area contributed by atoms with Crippen LogP contribution in [0.15, 0.2) is 54.6 Å². The van der Waals surface area contributed by atoms with Crippen LogP contribution in [0.3, 0.4) is 0 Å². The number of aromatic amines is 1. The van der Waals surface area contributed by atoms with Crippen LogP contribution in [0.5, 0.6) is 0 Å². The number of para-hydroxylation sites is 1. The summed E-state index contributed by atoms with van der Waals surface area (Å²) in [6.45, 7) is 2.14. The van der Waals surface area contributed by atoms with E-state index in [0.717, 1.165) is 54.4 Å². The Morgan fingerprint density at radius 2 is 1.71 bits per heavy atom. The smallest absolute Gasteiger partial charge is 0.227 e. The molecule has 4 heteroatoms. The highest BCUT2D eigenvalue weighted by Crippen LogP contribution is 2.30. The summed E-state index contributed by atoms with van der Waals surface area (Å²) in [5.41, 5.74) is 4.25. The Hall–Kier alpha value is -2.59. The standard InChI is InChI=1S/C24H27N3O/c28-24(18-12-14-27(15-13-18)21-5-3-6-21)25-20-10-8-17(9-11-20)23-16-19-4-1-2-7-22(19)26-23/h1-2,4,7-11,16,18,21,26H,3,5-6,12-15H2,(H,25,28). The van der Waals surface area contributed by atoms with E-state index >= 15 is 0 Å². The van der Waals surface area contributed by atoms with Gasteiger partial charge in [0.05, 0.1) is 0 Å². The molecule has 3 aromatic rings. The summed E-state index contributed by atoms with van der Waals surface area (Å²) in [6.07, 6.45) is 6.03. The highest BCUT2D eigenvalue weighted by Gasteiger charge is 2.31. The van der Waals surface area contributed by atoms with Crippen LogP contribution < -0.4 is 5.32 Å². The van der Waals surface area contributed by atoms with Gasteiger partial charge in [0.1, 0.15) is 0 Å². The second kappa shape index (κ2) is 7.44. The van der Waals surface area contributed by atoms with Crippen LogP contribution in [0.4, 0.5) is 5.69 Å². The summed E-state index contributed by atoms with van der Waals surface area (Å²) in [4.78, 5) is 18.7. The van der Waals surface area contributed by atoms with Crippen LogP contribution in [0.2, 0.25) is 0 Å². The lowest BCUT2D eigenvalue weighted by molar-refractivity contribution is -0.121. The number of piperidine rings is 1. The number of benzene rings is 2. The Morgan fingerprint density at radius 3 is 2.39 bits per heavy atom. The van der Waals surface area contributed by atoms with Gasteiger partial charge in [-0.25, -0.2) is 0 Å². The van der Waals surface area contributed by atoms with Gasteiger partial charge in [0.15, 0.2) is 0 Å². The summed E-state index contributed by atoms with van der Waals surface area (Å²) >= 11 is 0.